The molecule has 1 fully saturated rings. The van der Waals surface area contributed by atoms with Gasteiger partial charge in [0.15, 0.2) is 6.23 Å². The van der Waals surface area contributed by atoms with Crippen molar-refractivity contribution in [1.29, 1.82) is 0 Å². The van der Waals surface area contributed by atoms with Crippen LogP contribution in [-0.4, -0.2) is 25.3 Å². The third-order valence-electron chi connectivity index (χ3n) is 4.14. The van der Waals surface area contributed by atoms with Crippen molar-refractivity contribution in [2.75, 3.05) is 6.61 Å². The predicted octanol–water partition coefficient (Wildman–Crippen LogP) is 3.94. The summed E-state index contributed by atoms with van der Waals surface area (Å²) in [5.41, 5.74) is 1.92. The smallest absolute Gasteiger partial charge is 0.150 e. The number of hydrogen-bond acceptors (Lipinski definition) is 3. The van der Waals surface area contributed by atoms with Crippen LogP contribution >= 0.6 is 11.6 Å². The summed E-state index contributed by atoms with van der Waals surface area (Å²) in [5.74, 6) is 0. The van der Waals surface area contributed by atoms with Gasteiger partial charge in [0.05, 0.1) is 27.4 Å². The molecule has 2 aromatic rings. The minimum Gasteiger partial charge on any atom is -0.356 e. The van der Waals surface area contributed by atoms with Crippen LogP contribution in [0, 0.1) is 0 Å². The van der Waals surface area contributed by atoms with E-state index in [2.05, 4.69) is 9.82 Å². The molecule has 0 spiro atoms. The second-order valence-electron chi connectivity index (χ2n) is 7.12. The molecule has 0 amide bonds. The highest BCUT2D eigenvalue weighted by Gasteiger charge is 2.21. The molecule has 0 radical (unpaired) electrons. The standard InChI is InChI=1S/C17H24ClN3O2S/c1-17(2,3)24(22)20-11-12-9-15-13(8-14(12)18)10-19-21(15)16-6-4-5-7-23-16/h8-10,16,20H,4-7,11H2,1-3H3. The second-order valence-corrected chi connectivity index (χ2v) is 9.57. The van der Waals surface area contributed by atoms with Crippen molar-refractivity contribution in [3.63, 3.8) is 0 Å². The normalized spacial score (nSPS) is 20.4. The number of fused-ring (bicyclic) bond motifs is 1. The van der Waals surface area contributed by atoms with E-state index >= 15 is 0 Å². The van der Waals surface area contributed by atoms with E-state index < -0.39 is 11.0 Å². The highest BCUT2D eigenvalue weighted by atomic mass is 35.5. The van der Waals surface area contributed by atoms with Gasteiger partial charge in [-0.1, -0.05) is 11.6 Å². The topological polar surface area (TPSA) is 56.2 Å². The fourth-order valence-corrected chi connectivity index (χ4v) is 3.71. The Morgan fingerprint density at radius 2 is 2.21 bits per heavy atom. The minimum absolute atomic E-state index is 0.0121. The molecule has 1 saturated heterocycles. The van der Waals surface area contributed by atoms with E-state index in [9.17, 15) is 4.21 Å². The maximum absolute atomic E-state index is 12.2. The van der Waals surface area contributed by atoms with E-state index in [4.69, 9.17) is 16.3 Å². The number of benzene rings is 1. The van der Waals surface area contributed by atoms with Gasteiger partial charge >= 0.3 is 0 Å². The highest BCUT2D eigenvalue weighted by molar-refractivity contribution is 7.84. The molecule has 24 heavy (non-hydrogen) atoms. The molecule has 3 rings (SSSR count). The van der Waals surface area contributed by atoms with E-state index in [1.54, 1.807) is 0 Å². The molecular formula is C17H24ClN3O2S. The van der Waals surface area contributed by atoms with Crippen molar-refractivity contribution in [2.24, 2.45) is 0 Å². The number of hydrogen-bond donors (Lipinski definition) is 1. The number of rotatable bonds is 4. The van der Waals surface area contributed by atoms with E-state index in [0.29, 0.717) is 11.6 Å². The predicted molar refractivity (Wildman–Crippen MR) is 98.3 cm³/mol. The van der Waals surface area contributed by atoms with Gasteiger partial charge in [0.2, 0.25) is 0 Å². The van der Waals surface area contributed by atoms with Crippen molar-refractivity contribution < 1.29 is 8.95 Å². The molecule has 1 aromatic carbocycles. The van der Waals surface area contributed by atoms with Gasteiger partial charge in [0.1, 0.15) is 0 Å². The average molecular weight is 370 g/mol. The van der Waals surface area contributed by atoms with Crippen molar-refractivity contribution in [2.45, 2.75) is 57.6 Å². The molecule has 132 valence electrons. The lowest BCUT2D eigenvalue weighted by molar-refractivity contribution is -0.0366. The monoisotopic (exact) mass is 369 g/mol. The average Bonchev–Trinajstić information content (AvgIpc) is 2.94. The van der Waals surface area contributed by atoms with Crippen molar-refractivity contribution in [3.05, 3.63) is 28.9 Å². The zero-order chi connectivity index (χ0) is 17.3. The first-order valence-corrected chi connectivity index (χ1v) is 9.81. The van der Waals surface area contributed by atoms with Crippen LogP contribution in [0.2, 0.25) is 5.02 Å². The largest absolute Gasteiger partial charge is 0.356 e. The van der Waals surface area contributed by atoms with Crippen molar-refractivity contribution in [3.8, 4) is 0 Å². The SMILES string of the molecule is CC(C)(C)S(=O)NCc1cc2c(cnn2C2CCCCO2)cc1Cl. The molecular weight excluding hydrogens is 346 g/mol. The molecule has 1 aromatic heterocycles. The number of nitrogens with one attached hydrogen (secondary N) is 1. The molecule has 2 unspecified atom stereocenters. The van der Waals surface area contributed by atoms with Crippen LogP contribution in [0.5, 0.6) is 0 Å². The van der Waals surface area contributed by atoms with Crippen molar-refractivity contribution in [1.82, 2.24) is 14.5 Å². The zero-order valence-electron chi connectivity index (χ0n) is 14.3. The van der Waals surface area contributed by atoms with E-state index in [-0.39, 0.29) is 11.0 Å². The van der Waals surface area contributed by atoms with Crippen molar-refractivity contribution >= 4 is 33.5 Å². The molecule has 1 N–H and O–H groups in total. The van der Waals surface area contributed by atoms with Crippen LogP contribution in [0.1, 0.15) is 51.8 Å². The van der Waals surface area contributed by atoms with E-state index in [1.807, 2.05) is 43.8 Å². The molecule has 0 bridgehead atoms. The van der Waals surface area contributed by atoms with Gasteiger partial charge in [-0.3, -0.25) is 0 Å². The lowest BCUT2D eigenvalue weighted by Gasteiger charge is -2.23. The van der Waals surface area contributed by atoms with Crippen LogP contribution in [0.15, 0.2) is 18.3 Å². The first-order chi connectivity index (χ1) is 11.4. The Kier molecular flexibility index (Phi) is 5.30. The molecule has 1 aliphatic rings. The van der Waals surface area contributed by atoms with E-state index in [0.717, 1.165) is 42.3 Å². The maximum atomic E-state index is 12.2. The van der Waals surface area contributed by atoms with Crippen LogP contribution < -0.4 is 4.72 Å². The van der Waals surface area contributed by atoms with Crippen LogP contribution in [0.25, 0.3) is 10.9 Å². The lowest BCUT2D eigenvalue weighted by Crippen LogP contribution is -2.32. The van der Waals surface area contributed by atoms with Crippen LogP contribution in [0.4, 0.5) is 0 Å². The second kappa shape index (κ2) is 7.12. The highest BCUT2D eigenvalue weighted by Crippen LogP contribution is 2.29. The zero-order valence-corrected chi connectivity index (χ0v) is 15.9. The Morgan fingerprint density at radius 1 is 1.42 bits per heavy atom. The van der Waals surface area contributed by atoms with Gasteiger partial charge in [-0.05, 0) is 57.7 Å². The van der Waals surface area contributed by atoms with Gasteiger partial charge in [-0.15, -0.1) is 0 Å². The van der Waals surface area contributed by atoms with Crippen LogP contribution in [-0.2, 0) is 22.3 Å². The lowest BCUT2D eigenvalue weighted by atomic mass is 10.1. The van der Waals surface area contributed by atoms with Crippen LogP contribution in [0.3, 0.4) is 0 Å². The number of ether oxygens (including phenoxy) is 1. The summed E-state index contributed by atoms with van der Waals surface area (Å²) in [4.78, 5) is 0. The van der Waals surface area contributed by atoms with Gasteiger partial charge < -0.3 is 4.74 Å². The number of aromatic nitrogens is 2. The molecule has 0 saturated carbocycles. The molecule has 2 atom stereocenters. The summed E-state index contributed by atoms with van der Waals surface area (Å²) < 4.78 is 22.7. The van der Waals surface area contributed by atoms with E-state index in [1.165, 1.54) is 0 Å². The Hall–Kier alpha value is -0.950. The molecule has 7 heteroatoms. The summed E-state index contributed by atoms with van der Waals surface area (Å²) in [6.45, 7) is 7.05. The summed E-state index contributed by atoms with van der Waals surface area (Å²) in [6, 6.07) is 3.94. The first-order valence-electron chi connectivity index (χ1n) is 8.29. The molecule has 1 aliphatic heterocycles. The fraction of sp³-hybridized carbons (Fsp3) is 0.588. The number of halogens is 1. The van der Waals surface area contributed by atoms with Gasteiger partial charge in [-0.25, -0.2) is 13.6 Å². The van der Waals surface area contributed by atoms with Gasteiger partial charge in [0, 0.05) is 23.6 Å². The Morgan fingerprint density at radius 3 is 2.88 bits per heavy atom. The first kappa shape index (κ1) is 17.9. The maximum Gasteiger partial charge on any atom is 0.150 e. The third kappa shape index (κ3) is 3.82. The number of nitrogens with zero attached hydrogens (tertiary/aromatic N) is 2. The Bertz CT molecular complexity index is 748. The minimum atomic E-state index is -1.14. The summed E-state index contributed by atoms with van der Waals surface area (Å²) >= 11 is 6.39. The third-order valence-corrected chi connectivity index (χ3v) is 6.01. The Labute approximate surface area is 150 Å². The summed E-state index contributed by atoms with van der Waals surface area (Å²) in [7, 11) is -1.14. The van der Waals surface area contributed by atoms with Gasteiger partial charge in [-0.2, -0.15) is 5.10 Å². The summed E-state index contributed by atoms with van der Waals surface area (Å²) in [6.07, 6.45) is 5.04. The van der Waals surface area contributed by atoms with Gasteiger partial charge in [0.25, 0.3) is 0 Å². The quantitative estimate of drug-likeness (QED) is 0.888. The molecule has 0 aliphatic carbocycles. The fourth-order valence-electron chi connectivity index (χ4n) is 2.75. The Balaban J connectivity index is 1.86. The molecule has 2 heterocycles. The summed E-state index contributed by atoms with van der Waals surface area (Å²) in [5, 5.41) is 6.14. The molecule has 5 nitrogen and oxygen atoms in total.